The highest BCUT2D eigenvalue weighted by atomic mass is 32.2. The summed E-state index contributed by atoms with van der Waals surface area (Å²) < 4.78 is 20.7. The lowest BCUT2D eigenvalue weighted by Gasteiger charge is -2.02. The molecule has 11 heavy (non-hydrogen) atoms. The van der Waals surface area contributed by atoms with E-state index in [4.69, 9.17) is 5.73 Å². The smallest absolute Gasteiger partial charge is 0.266 e. The van der Waals surface area contributed by atoms with E-state index < -0.39 is 17.0 Å². The highest BCUT2D eigenvalue weighted by molar-refractivity contribution is 7.79. The van der Waals surface area contributed by atoms with Gasteiger partial charge in [-0.25, -0.2) is 0 Å². The fourth-order valence-corrected chi connectivity index (χ4v) is 1.19. The lowest BCUT2D eigenvalue weighted by molar-refractivity contribution is 0.0993. The van der Waals surface area contributed by atoms with Crippen molar-refractivity contribution >= 4 is 17.0 Å². The molecular weight excluding hydrogens is 168 g/mol. The van der Waals surface area contributed by atoms with Gasteiger partial charge in [-0.2, -0.15) is 0 Å². The molecule has 1 aromatic rings. The molecule has 0 spiro atoms. The van der Waals surface area contributed by atoms with Gasteiger partial charge in [-0.3, -0.25) is 9.00 Å². The maximum Gasteiger partial charge on any atom is 0.266 e. The molecule has 0 saturated carbocycles. The van der Waals surface area contributed by atoms with Crippen molar-refractivity contribution in [2.24, 2.45) is 5.73 Å². The number of primary amides is 1. The summed E-state index contributed by atoms with van der Waals surface area (Å²) in [6.45, 7) is 0. The summed E-state index contributed by atoms with van der Waals surface area (Å²) in [5, 5.41) is 0. The third-order valence-electron chi connectivity index (χ3n) is 1.13. The summed E-state index contributed by atoms with van der Waals surface area (Å²) in [4.78, 5) is 12.8. The molecule has 5 nitrogen and oxygen atoms in total. The summed E-state index contributed by atoms with van der Waals surface area (Å²) >= 11 is -2.41. The summed E-state index contributed by atoms with van der Waals surface area (Å²) in [6, 6.07) is 1.27. The van der Waals surface area contributed by atoms with E-state index in [1.807, 2.05) is 0 Å². The Kier molecular flexibility index (Phi) is 2.06. The van der Waals surface area contributed by atoms with Crippen LogP contribution in [0.15, 0.2) is 17.2 Å². The lowest BCUT2D eigenvalue weighted by atomic mass is 10.4. The first-order valence-corrected chi connectivity index (χ1v) is 3.77. The third kappa shape index (κ3) is 1.47. The van der Waals surface area contributed by atoms with Crippen LogP contribution in [-0.4, -0.2) is 19.7 Å². The molecular formula is C5H5N2O3S-. The van der Waals surface area contributed by atoms with Gasteiger partial charge in [0, 0.05) is 6.20 Å². The van der Waals surface area contributed by atoms with Gasteiger partial charge in [0.15, 0.2) is 0 Å². The van der Waals surface area contributed by atoms with Crippen molar-refractivity contribution in [3.63, 3.8) is 0 Å². The monoisotopic (exact) mass is 173 g/mol. The van der Waals surface area contributed by atoms with E-state index >= 15 is 0 Å². The highest BCUT2D eigenvalue weighted by Crippen LogP contribution is 2.08. The van der Waals surface area contributed by atoms with Gasteiger partial charge in [0.25, 0.3) is 5.91 Å². The number of carbonyl (C=O) groups is 1. The predicted molar refractivity (Wildman–Crippen MR) is 36.5 cm³/mol. The molecule has 0 aliphatic heterocycles. The number of H-pyrrole nitrogens is 1. The third-order valence-corrected chi connectivity index (χ3v) is 1.83. The van der Waals surface area contributed by atoms with Gasteiger partial charge in [0.1, 0.15) is 5.69 Å². The van der Waals surface area contributed by atoms with Gasteiger partial charge in [0.2, 0.25) is 0 Å². The summed E-state index contributed by atoms with van der Waals surface area (Å²) in [5.74, 6) is -0.783. The van der Waals surface area contributed by atoms with E-state index in [9.17, 15) is 13.6 Å². The summed E-state index contributed by atoms with van der Waals surface area (Å²) in [7, 11) is 0. The van der Waals surface area contributed by atoms with Crippen molar-refractivity contribution in [3.8, 4) is 0 Å². The molecule has 1 heterocycles. The Bertz CT molecular complexity index is 278. The molecule has 0 aliphatic carbocycles. The Morgan fingerprint density at radius 3 is 2.73 bits per heavy atom. The molecule has 3 N–H and O–H groups in total. The Labute approximate surface area is 64.9 Å². The molecule has 60 valence electrons. The largest absolute Gasteiger partial charge is 0.768 e. The van der Waals surface area contributed by atoms with Crippen LogP contribution >= 0.6 is 0 Å². The van der Waals surface area contributed by atoms with Crippen molar-refractivity contribution in [2.75, 3.05) is 0 Å². The van der Waals surface area contributed by atoms with Gasteiger partial charge >= 0.3 is 0 Å². The zero-order valence-corrected chi connectivity index (χ0v) is 6.18. The number of rotatable bonds is 2. The van der Waals surface area contributed by atoms with Crippen LogP contribution in [0.5, 0.6) is 0 Å². The van der Waals surface area contributed by atoms with Crippen LogP contribution in [0.25, 0.3) is 0 Å². The van der Waals surface area contributed by atoms with Crippen LogP contribution in [0, 0.1) is 0 Å². The number of carbonyl (C=O) groups excluding carboxylic acids is 1. The van der Waals surface area contributed by atoms with E-state index in [1.165, 1.54) is 12.3 Å². The highest BCUT2D eigenvalue weighted by Gasteiger charge is 2.08. The minimum Gasteiger partial charge on any atom is -0.768 e. The number of amides is 1. The van der Waals surface area contributed by atoms with Gasteiger partial charge in [-0.1, -0.05) is 0 Å². The van der Waals surface area contributed by atoms with Crippen LogP contribution in [0.2, 0.25) is 0 Å². The van der Waals surface area contributed by atoms with Crippen LogP contribution in [-0.2, 0) is 11.1 Å². The van der Waals surface area contributed by atoms with Gasteiger partial charge < -0.3 is 15.3 Å². The predicted octanol–water partition coefficient (Wildman–Crippen LogP) is -0.648. The molecule has 1 atom stereocenters. The van der Waals surface area contributed by atoms with E-state index in [0.29, 0.717) is 0 Å². The number of nitrogens with one attached hydrogen (secondary N) is 1. The zero-order chi connectivity index (χ0) is 8.43. The van der Waals surface area contributed by atoms with Crippen molar-refractivity contribution in [3.05, 3.63) is 18.0 Å². The number of aromatic nitrogens is 1. The van der Waals surface area contributed by atoms with Crippen molar-refractivity contribution in [2.45, 2.75) is 4.90 Å². The molecule has 0 fully saturated rings. The van der Waals surface area contributed by atoms with Crippen molar-refractivity contribution < 1.29 is 13.6 Å². The van der Waals surface area contributed by atoms with Gasteiger partial charge in [0.05, 0.1) is 4.90 Å². The SMILES string of the molecule is NC(=O)c1[nH]ccc1S(=O)[O-]. The van der Waals surface area contributed by atoms with E-state index in [1.54, 1.807) is 0 Å². The number of hydrogen-bond acceptors (Lipinski definition) is 3. The maximum absolute atomic E-state index is 10.5. The maximum atomic E-state index is 10.5. The molecule has 1 amide bonds. The molecule has 1 unspecified atom stereocenters. The first kappa shape index (κ1) is 7.96. The van der Waals surface area contributed by atoms with Crippen LogP contribution in [0.1, 0.15) is 10.5 Å². The second-order valence-corrected chi connectivity index (χ2v) is 2.73. The topological polar surface area (TPSA) is 99.0 Å². The molecule has 0 saturated heterocycles. The fourth-order valence-electron chi connectivity index (χ4n) is 0.687. The minimum atomic E-state index is -2.41. The molecule has 1 aromatic heterocycles. The lowest BCUT2D eigenvalue weighted by Crippen LogP contribution is -2.13. The van der Waals surface area contributed by atoms with Gasteiger partial charge in [-0.15, -0.1) is 0 Å². The van der Waals surface area contributed by atoms with Crippen molar-refractivity contribution in [1.82, 2.24) is 4.98 Å². The molecule has 0 aliphatic rings. The van der Waals surface area contributed by atoms with Crippen LogP contribution in [0.3, 0.4) is 0 Å². The first-order chi connectivity index (χ1) is 5.13. The normalized spacial score (nSPS) is 12.8. The van der Waals surface area contributed by atoms with Crippen molar-refractivity contribution in [1.29, 1.82) is 0 Å². The first-order valence-electron chi connectivity index (χ1n) is 2.69. The zero-order valence-electron chi connectivity index (χ0n) is 5.37. The fraction of sp³-hybridized carbons (Fsp3) is 0. The Balaban J connectivity index is 3.16. The van der Waals surface area contributed by atoms with Crippen LogP contribution < -0.4 is 5.73 Å². The summed E-state index contributed by atoms with van der Waals surface area (Å²) in [5.41, 5.74) is 4.77. The number of nitrogens with two attached hydrogens (primary N) is 1. The number of hydrogen-bond donors (Lipinski definition) is 2. The van der Waals surface area contributed by atoms with E-state index in [0.717, 1.165) is 0 Å². The Morgan fingerprint density at radius 1 is 1.73 bits per heavy atom. The standard InChI is InChI=1S/C5H6N2O3S/c6-5(8)4-3(11(9)10)1-2-7-4/h1-2,7H,(H2,6,8)(H,9,10)/p-1. The summed E-state index contributed by atoms with van der Waals surface area (Å²) in [6.07, 6.45) is 1.34. The average Bonchev–Trinajstić information content (AvgIpc) is 2.32. The molecule has 1 rings (SSSR count). The van der Waals surface area contributed by atoms with E-state index in [-0.39, 0.29) is 10.6 Å². The molecule has 6 heteroatoms. The Morgan fingerprint density at radius 2 is 2.36 bits per heavy atom. The van der Waals surface area contributed by atoms with Gasteiger partial charge in [-0.05, 0) is 17.1 Å². The molecule has 0 bridgehead atoms. The quantitative estimate of drug-likeness (QED) is 0.581. The minimum absolute atomic E-state index is 0.0849. The second-order valence-electron chi connectivity index (χ2n) is 1.82. The number of aromatic amines is 1. The Hall–Kier alpha value is -1.14. The molecule has 0 aromatic carbocycles. The molecule has 0 radical (unpaired) electrons. The average molecular weight is 173 g/mol. The van der Waals surface area contributed by atoms with E-state index in [2.05, 4.69) is 4.98 Å². The second kappa shape index (κ2) is 2.85. The van der Waals surface area contributed by atoms with Crippen LogP contribution in [0.4, 0.5) is 0 Å².